The zero-order valence-corrected chi connectivity index (χ0v) is 8.26. The maximum atomic E-state index is 10.5. The Morgan fingerprint density at radius 1 is 1.38 bits per heavy atom. The summed E-state index contributed by atoms with van der Waals surface area (Å²) in [6.07, 6.45) is 0. The van der Waals surface area contributed by atoms with E-state index in [1.165, 1.54) is 6.07 Å². The van der Waals surface area contributed by atoms with Crippen LogP contribution in [0.5, 0.6) is 0 Å². The van der Waals surface area contributed by atoms with E-state index in [-0.39, 0.29) is 10.6 Å². The topological polar surface area (TPSA) is 55.2 Å². The second-order valence-corrected chi connectivity index (χ2v) is 3.05. The summed E-state index contributed by atoms with van der Waals surface area (Å²) >= 11 is 3.89. The lowest BCUT2D eigenvalue weighted by molar-refractivity contribution is -0.385. The highest BCUT2D eigenvalue weighted by atomic mass is 32.1. The molecule has 0 saturated carbocycles. The molecule has 1 rings (SSSR count). The fraction of sp³-hybridized carbons (Fsp3) is 0.250. The summed E-state index contributed by atoms with van der Waals surface area (Å²) in [5.74, 6) is 0. The maximum absolute atomic E-state index is 10.5. The molecule has 4 nitrogen and oxygen atoms in total. The van der Waals surface area contributed by atoms with Crippen molar-refractivity contribution in [2.45, 2.75) is 13.8 Å². The van der Waals surface area contributed by atoms with Gasteiger partial charge in [-0.15, -0.1) is 0 Å². The largest absolute Gasteiger partial charge is 0.332 e. The third kappa shape index (κ3) is 1.92. The highest BCUT2D eigenvalue weighted by molar-refractivity contribution is 7.81. The number of benzene rings is 1. The molecule has 0 amide bonds. The van der Waals surface area contributed by atoms with Crippen LogP contribution in [0.4, 0.5) is 11.4 Å². The van der Waals surface area contributed by atoms with Crippen molar-refractivity contribution in [1.82, 2.24) is 0 Å². The van der Waals surface area contributed by atoms with Crippen molar-refractivity contribution < 1.29 is 4.92 Å². The van der Waals surface area contributed by atoms with Crippen molar-refractivity contribution in [1.29, 1.82) is 0 Å². The van der Waals surface area contributed by atoms with Crippen molar-refractivity contribution in [2.75, 3.05) is 4.72 Å². The molecule has 0 heterocycles. The van der Waals surface area contributed by atoms with Crippen LogP contribution in [0.15, 0.2) is 12.1 Å². The summed E-state index contributed by atoms with van der Waals surface area (Å²) in [4.78, 5) is 10.2. The van der Waals surface area contributed by atoms with Gasteiger partial charge in [0.25, 0.3) is 5.69 Å². The van der Waals surface area contributed by atoms with Gasteiger partial charge < -0.3 is 4.72 Å². The van der Waals surface area contributed by atoms with Gasteiger partial charge in [-0.05, 0) is 25.5 Å². The molecule has 5 heteroatoms. The van der Waals surface area contributed by atoms with E-state index in [9.17, 15) is 10.1 Å². The summed E-state index contributed by atoms with van der Waals surface area (Å²) in [5.41, 5.74) is 2.38. The smallest absolute Gasteiger partial charge is 0.272 e. The van der Waals surface area contributed by atoms with Crippen LogP contribution in [0.25, 0.3) is 0 Å². The number of hydrogen-bond acceptors (Lipinski definition) is 4. The molecule has 1 aromatic carbocycles. The Kier molecular flexibility index (Phi) is 2.77. The summed E-state index contributed by atoms with van der Waals surface area (Å²) in [7, 11) is 0. The first-order chi connectivity index (χ1) is 6.06. The van der Waals surface area contributed by atoms with Crippen LogP contribution in [0, 0.1) is 24.0 Å². The van der Waals surface area contributed by atoms with Gasteiger partial charge in [0.05, 0.1) is 4.92 Å². The van der Waals surface area contributed by atoms with Crippen molar-refractivity contribution in [3.63, 3.8) is 0 Å². The zero-order valence-electron chi connectivity index (χ0n) is 7.37. The Morgan fingerprint density at radius 3 is 2.46 bits per heavy atom. The lowest BCUT2D eigenvalue weighted by Gasteiger charge is -2.05. The molecular formula is C8H10N2O2S. The molecule has 0 spiro atoms. The number of anilines is 1. The molecule has 13 heavy (non-hydrogen) atoms. The second-order valence-electron chi connectivity index (χ2n) is 2.82. The van der Waals surface area contributed by atoms with Gasteiger partial charge in [0.1, 0.15) is 0 Å². The summed E-state index contributed by atoms with van der Waals surface area (Å²) in [5, 5.41) is 10.5. The first-order valence-corrected chi connectivity index (χ1v) is 4.16. The van der Waals surface area contributed by atoms with E-state index >= 15 is 0 Å². The third-order valence-corrected chi connectivity index (χ3v) is 2.10. The molecule has 0 atom stereocenters. The second kappa shape index (κ2) is 3.66. The number of nitrogens with one attached hydrogen (secondary N) is 1. The average Bonchev–Trinajstić information content (AvgIpc) is 2.07. The first-order valence-electron chi connectivity index (χ1n) is 3.72. The van der Waals surface area contributed by atoms with E-state index < -0.39 is 0 Å². The fourth-order valence-electron chi connectivity index (χ4n) is 1.12. The van der Waals surface area contributed by atoms with Crippen molar-refractivity contribution in [3.05, 3.63) is 33.4 Å². The molecular weight excluding hydrogens is 188 g/mol. The van der Waals surface area contributed by atoms with Gasteiger partial charge in [0, 0.05) is 17.3 Å². The molecule has 1 N–H and O–H groups in total. The molecule has 0 fully saturated rings. The molecule has 0 aromatic heterocycles. The van der Waals surface area contributed by atoms with E-state index in [1.807, 2.05) is 0 Å². The van der Waals surface area contributed by atoms with E-state index in [2.05, 4.69) is 17.5 Å². The average molecular weight is 198 g/mol. The van der Waals surface area contributed by atoms with Gasteiger partial charge in [-0.2, -0.15) is 0 Å². The molecule has 1 aromatic rings. The normalized spacial score (nSPS) is 9.77. The quantitative estimate of drug-likeness (QED) is 0.436. The predicted molar refractivity (Wildman–Crippen MR) is 55.2 cm³/mol. The van der Waals surface area contributed by atoms with Crippen molar-refractivity contribution >= 4 is 24.2 Å². The minimum absolute atomic E-state index is 0.143. The van der Waals surface area contributed by atoms with Gasteiger partial charge in [-0.1, -0.05) is 12.8 Å². The molecule has 0 bridgehead atoms. The van der Waals surface area contributed by atoms with Crippen molar-refractivity contribution in [3.8, 4) is 0 Å². The van der Waals surface area contributed by atoms with Crippen molar-refractivity contribution in [2.24, 2.45) is 0 Å². The molecule has 0 aliphatic carbocycles. The predicted octanol–water partition coefficient (Wildman–Crippen LogP) is 2.47. The van der Waals surface area contributed by atoms with Crippen LogP contribution < -0.4 is 4.72 Å². The number of hydrogen-bond donors (Lipinski definition) is 2. The Labute approximate surface area is 81.7 Å². The number of nitro groups is 1. The monoisotopic (exact) mass is 198 g/mol. The SMILES string of the molecule is Cc1cc([N+](=O)[O-])c(C)cc1NS. The van der Waals surface area contributed by atoms with E-state index in [0.29, 0.717) is 5.56 Å². The molecule has 0 aliphatic heterocycles. The molecule has 0 unspecified atom stereocenters. The zero-order chi connectivity index (χ0) is 10.0. The van der Waals surface area contributed by atoms with Gasteiger partial charge in [0.2, 0.25) is 0 Å². The Balaban J connectivity index is 3.28. The number of aryl methyl sites for hydroxylation is 2. The summed E-state index contributed by atoms with van der Waals surface area (Å²) < 4.78 is 2.67. The number of thiol groups is 1. The number of nitro benzene ring substituents is 1. The standard InChI is InChI=1S/C8H10N2O2S/c1-5-4-8(10(11)12)6(2)3-7(5)9-13/h3-4,9,13H,1-2H3. The lowest BCUT2D eigenvalue weighted by atomic mass is 10.1. The minimum Gasteiger partial charge on any atom is -0.332 e. The summed E-state index contributed by atoms with van der Waals surface area (Å²) in [6, 6.07) is 3.24. The molecule has 0 aliphatic rings. The molecule has 0 saturated heterocycles. The minimum atomic E-state index is -0.384. The van der Waals surface area contributed by atoms with Gasteiger partial charge >= 0.3 is 0 Å². The van der Waals surface area contributed by atoms with Crippen LogP contribution in [-0.2, 0) is 0 Å². The third-order valence-electron chi connectivity index (χ3n) is 1.86. The number of rotatable bonds is 2. The van der Waals surface area contributed by atoms with Crippen LogP contribution in [-0.4, -0.2) is 4.92 Å². The summed E-state index contributed by atoms with van der Waals surface area (Å²) in [6.45, 7) is 3.50. The van der Waals surface area contributed by atoms with Gasteiger partial charge in [0.15, 0.2) is 0 Å². The number of nitrogens with zero attached hydrogens (tertiary/aromatic N) is 1. The van der Waals surface area contributed by atoms with E-state index in [0.717, 1.165) is 11.3 Å². The van der Waals surface area contributed by atoms with Gasteiger partial charge in [-0.25, -0.2) is 0 Å². The van der Waals surface area contributed by atoms with E-state index in [4.69, 9.17) is 0 Å². The van der Waals surface area contributed by atoms with Gasteiger partial charge in [-0.3, -0.25) is 10.1 Å². The van der Waals surface area contributed by atoms with E-state index in [1.54, 1.807) is 19.9 Å². The maximum Gasteiger partial charge on any atom is 0.272 e. The Bertz CT molecular complexity index is 352. The Morgan fingerprint density at radius 2 is 2.00 bits per heavy atom. The molecule has 0 radical (unpaired) electrons. The fourth-order valence-corrected chi connectivity index (χ4v) is 1.36. The van der Waals surface area contributed by atoms with Crippen LogP contribution in [0.3, 0.4) is 0 Å². The lowest BCUT2D eigenvalue weighted by Crippen LogP contribution is -1.95. The van der Waals surface area contributed by atoms with Crippen LogP contribution in [0.2, 0.25) is 0 Å². The Hall–Kier alpha value is -1.23. The van der Waals surface area contributed by atoms with Crippen LogP contribution in [0.1, 0.15) is 11.1 Å². The first kappa shape index (κ1) is 9.85. The van der Waals surface area contributed by atoms with Crippen LogP contribution >= 0.6 is 12.8 Å². The molecule has 70 valence electrons. The highest BCUT2D eigenvalue weighted by Gasteiger charge is 2.12. The highest BCUT2D eigenvalue weighted by Crippen LogP contribution is 2.25.